The molecule has 2 amide bonds. The van der Waals surface area contributed by atoms with Gasteiger partial charge in [-0.1, -0.05) is 12.1 Å². The molecule has 1 aliphatic carbocycles. The zero-order valence-electron chi connectivity index (χ0n) is 13.8. The van der Waals surface area contributed by atoms with Crippen molar-refractivity contribution in [3.8, 4) is 0 Å². The molecular formula is C17H19N3O5. The summed E-state index contributed by atoms with van der Waals surface area (Å²) in [6, 6.07) is 4.62. The Hall–Kier alpha value is -2.90. The minimum Gasteiger partial charge on any atom is -0.459 e. The predicted octanol–water partition coefficient (Wildman–Crippen LogP) is 2.71. The first kappa shape index (κ1) is 16.9. The van der Waals surface area contributed by atoms with E-state index < -0.39 is 23.0 Å². The molecule has 1 aromatic rings. The van der Waals surface area contributed by atoms with Gasteiger partial charge in [0.1, 0.15) is 6.10 Å². The normalized spacial score (nSPS) is 20.8. The van der Waals surface area contributed by atoms with Crippen molar-refractivity contribution in [1.29, 1.82) is 0 Å². The first-order valence-electron chi connectivity index (χ1n) is 8.19. The highest BCUT2D eigenvalue weighted by molar-refractivity contribution is 5.95. The first-order chi connectivity index (χ1) is 12.0. The molecule has 3 rings (SSSR count). The summed E-state index contributed by atoms with van der Waals surface area (Å²) in [5.41, 5.74) is 1.02. The van der Waals surface area contributed by atoms with Gasteiger partial charge in [0, 0.05) is 17.8 Å². The summed E-state index contributed by atoms with van der Waals surface area (Å²) in [6.07, 6.45) is 3.60. The fourth-order valence-corrected chi connectivity index (χ4v) is 3.25. The molecular weight excluding hydrogens is 326 g/mol. The Labute approximate surface area is 144 Å². The fourth-order valence-electron chi connectivity index (χ4n) is 3.25. The van der Waals surface area contributed by atoms with Gasteiger partial charge in [0.2, 0.25) is 0 Å². The lowest BCUT2D eigenvalue weighted by Crippen LogP contribution is -2.45. The average Bonchev–Trinajstić information content (AvgIpc) is 3.07. The highest BCUT2D eigenvalue weighted by atomic mass is 16.6. The van der Waals surface area contributed by atoms with Crippen molar-refractivity contribution in [2.24, 2.45) is 0 Å². The molecule has 1 heterocycles. The highest BCUT2D eigenvalue weighted by Crippen LogP contribution is 2.31. The molecule has 8 heteroatoms. The number of allylic oxidation sites excluding steroid dienone is 1. The molecule has 0 spiro atoms. The first-order valence-corrected chi connectivity index (χ1v) is 8.19. The monoisotopic (exact) mass is 345 g/mol. The second kappa shape index (κ2) is 6.92. The Kier molecular flexibility index (Phi) is 4.69. The number of nitro groups is 1. The maximum absolute atomic E-state index is 12.7. The third-order valence-corrected chi connectivity index (χ3v) is 4.48. The maximum Gasteiger partial charge on any atom is 0.338 e. The van der Waals surface area contributed by atoms with Crippen LogP contribution in [0.4, 0.5) is 10.5 Å². The van der Waals surface area contributed by atoms with Crippen LogP contribution in [0, 0.1) is 10.1 Å². The summed E-state index contributed by atoms with van der Waals surface area (Å²) in [5.74, 6) is -0.506. The number of carbonyl (C=O) groups excluding carboxylic acids is 2. The van der Waals surface area contributed by atoms with Gasteiger partial charge in [-0.25, -0.2) is 9.59 Å². The van der Waals surface area contributed by atoms with E-state index in [-0.39, 0.29) is 17.4 Å². The van der Waals surface area contributed by atoms with Crippen molar-refractivity contribution in [3.05, 3.63) is 51.2 Å². The van der Waals surface area contributed by atoms with E-state index in [9.17, 15) is 19.7 Å². The van der Waals surface area contributed by atoms with E-state index in [0.29, 0.717) is 11.3 Å². The molecule has 1 atom stereocenters. The van der Waals surface area contributed by atoms with Gasteiger partial charge < -0.3 is 15.4 Å². The van der Waals surface area contributed by atoms with Crippen LogP contribution in [0.25, 0.3) is 0 Å². The number of non-ortho nitro benzene ring substituents is 1. The lowest BCUT2D eigenvalue weighted by molar-refractivity contribution is -0.384. The Morgan fingerprint density at radius 2 is 2.04 bits per heavy atom. The van der Waals surface area contributed by atoms with E-state index in [4.69, 9.17) is 4.74 Å². The van der Waals surface area contributed by atoms with Gasteiger partial charge >= 0.3 is 12.0 Å². The molecule has 2 aliphatic rings. The number of nitrogens with one attached hydrogen (secondary N) is 2. The zero-order valence-corrected chi connectivity index (χ0v) is 13.8. The molecule has 0 bridgehead atoms. The molecule has 1 aromatic carbocycles. The van der Waals surface area contributed by atoms with E-state index in [1.807, 2.05) is 0 Å². The molecule has 8 nitrogen and oxygen atoms in total. The van der Waals surface area contributed by atoms with Crippen LogP contribution < -0.4 is 10.6 Å². The van der Waals surface area contributed by atoms with E-state index >= 15 is 0 Å². The standard InChI is InChI=1S/C17H19N3O5/c1-10-14(16(21)25-13-7-2-3-8-13)15(19-17(22)18-10)11-5-4-6-12(9-11)20(23)24/h4-6,9,13,15H,2-3,7-8H2,1H3,(H2,18,19,22)/t15-/m1/s1. The lowest BCUT2D eigenvalue weighted by atomic mass is 9.95. The van der Waals surface area contributed by atoms with Crippen LogP contribution >= 0.6 is 0 Å². The summed E-state index contributed by atoms with van der Waals surface area (Å²) in [5, 5.41) is 16.2. The second-order valence-corrected chi connectivity index (χ2v) is 6.23. The number of nitrogens with zero attached hydrogens (tertiary/aromatic N) is 1. The largest absolute Gasteiger partial charge is 0.459 e. The summed E-state index contributed by atoms with van der Waals surface area (Å²) in [4.78, 5) is 35.0. The van der Waals surface area contributed by atoms with Crippen LogP contribution in [0.1, 0.15) is 44.2 Å². The van der Waals surface area contributed by atoms with E-state index in [2.05, 4.69) is 10.6 Å². The number of esters is 1. The van der Waals surface area contributed by atoms with Crippen molar-refractivity contribution in [1.82, 2.24) is 10.6 Å². The van der Waals surface area contributed by atoms with Crippen LogP contribution in [0.2, 0.25) is 0 Å². The van der Waals surface area contributed by atoms with E-state index in [1.165, 1.54) is 18.2 Å². The van der Waals surface area contributed by atoms with Crippen molar-refractivity contribution in [2.75, 3.05) is 0 Å². The Morgan fingerprint density at radius 1 is 1.32 bits per heavy atom. The molecule has 1 aliphatic heterocycles. The molecule has 25 heavy (non-hydrogen) atoms. The summed E-state index contributed by atoms with van der Waals surface area (Å²) in [6.45, 7) is 1.62. The number of amides is 2. The topological polar surface area (TPSA) is 111 Å². The molecule has 0 unspecified atom stereocenters. The van der Waals surface area contributed by atoms with E-state index in [1.54, 1.807) is 13.0 Å². The van der Waals surface area contributed by atoms with Gasteiger partial charge in [-0.05, 0) is 38.2 Å². The van der Waals surface area contributed by atoms with Gasteiger partial charge in [-0.15, -0.1) is 0 Å². The number of hydrogen-bond donors (Lipinski definition) is 2. The van der Waals surface area contributed by atoms with Gasteiger partial charge in [0.15, 0.2) is 0 Å². The van der Waals surface area contributed by atoms with Crippen LogP contribution in [-0.4, -0.2) is 23.0 Å². The number of nitro benzene ring substituents is 1. The minimum absolute atomic E-state index is 0.105. The van der Waals surface area contributed by atoms with Crippen molar-refractivity contribution in [3.63, 3.8) is 0 Å². The molecule has 0 saturated heterocycles. The number of benzene rings is 1. The second-order valence-electron chi connectivity index (χ2n) is 6.23. The minimum atomic E-state index is -0.789. The molecule has 0 aromatic heterocycles. The van der Waals surface area contributed by atoms with Gasteiger partial charge in [-0.3, -0.25) is 10.1 Å². The Bertz CT molecular complexity index is 752. The van der Waals surface area contributed by atoms with Gasteiger partial charge in [0.05, 0.1) is 16.5 Å². The molecule has 2 N–H and O–H groups in total. The Morgan fingerprint density at radius 3 is 2.72 bits per heavy atom. The van der Waals surface area contributed by atoms with Crippen molar-refractivity contribution < 1.29 is 19.2 Å². The molecule has 1 fully saturated rings. The molecule has 0 radical (unpaired) electrons. The third kappa shape index (κ3) is 3.62. The average molecular weight is 345 g/mol. The summed E-state index contributed by atoms with van der Waals surface area (Å²) < 4.78 is 5.56. The molecule has 132 valence electrons. The smallest absolute Gasteiger partial charge is 0.338 e. The number of ether oxygens (including phenoxy) is 1. The fraction of sp³-hybridized carbons (Fsp3) is 0.412. The van der Waals surface area contributed by atoms with E-state index in [0.717, 1.165) is 25.7 Å². The van der Waals surface area contributed by atoms with Gasteiger partial charge in [0.25, 0.3) is 5.69 Å². The number of rotatable bonds is 4. The quantitative estimate of drug-likeness (QED) is 0.495. The predicted molar refractivity (Wildman–Crippen MR) is 88.6 cm³/mol. The van der Waals surface area contributed by atoms with Crippen LogP contribution in [0.5, 0.6) is 0 Å². The third-order valence-electron chi connectivity index (χ3n) is 4.48. The maximum atomic E-state index is 12.7. The highest BCUT2D eigenvalue weighted by Gasteiger charge is 2.34. The summed E-state index contributed by atoms with van der Waals surface area (Å²) in [7, 11) is 0. The number of urea groups is 1. The summed E-state index contributed by atoms with van der Waals surface area (Å²) >= 11 is 0. The SMILES string of the molecule is CC1=C(C(=O)OC2CCCC2)[C@@H](c2cccc([N+](=O)[O-])c2)NC(=O)N1. The van der Waals surface area contributed by atoms with Crippen LogP contribution in [0.3, 0.4) is 0 Å². The van der Waals surface area contributed by atoms with Crippen LogP contribution in [0.15, 0.2) is 35.5 Å². The zero-order chi connectivity index (χ0) is 18.0. The van der Waals surface area contributed by atoms with Crippen LogP contribution in [-0.2, 0) is 9.53 Å². The Balaban J connectivity index is 1.93. The molecule has 1 saturated carbocycles. The van der Waals surface area contributed by atoms with Crippen molar-refractivity contribution >= 4 is 17.7 Å². The number of carbonyl (C=O) groups is 2. The number of hydrogen-bond acceptors (Lipinski definition) is 5. The lowest BCUT2D eigenvalue weighted by Gasteiger charge is -2.28. The van der Waals surface area contributed by atoms with Crippen molar-refractivity contribution in [2.45, 2.75) is 44.8 Å². The van der Waals surface area contributed by atoms with Gasteiger partial charge in [-0.2, -0.15) is 0 Å².